The number of aryl methyl sites for hydroxylation is 1. The Balaban J connectivity index is 1.64. The summed E-state index contributed by atoms with van der Waals surface area (Å²) in [5.41, 5.74) is 0.474. The molecule has 1 aliphatic carbocycles. The number of sulfonamides is 1. The van der Waals surface area contributed by atoms with Crippen LogP contribution < -0.4 is 14.8 Å². The molecule has 1 atom stereocenters. The number of hydrogen-bond acceptors (Lipinski definition) is 6. The molecule has 1 fully saturated rings. The summed E-state index contributed by atoms with van der Waals surface area (Å²) in [5, 5.41) is 14.0. The minimum Gasteiger partial charge on any atom is -0.481 e. The van der Waals surface area contributed by atoms with Crippen LogP contribution in [0.25, 0.3) is 0 Å². The maximum Gasteiger partial charge on any atom is 0.271 e. The van der Waals surface area contributed by atoms with Crippen molar-refractivity contribution in [2.45, 2.75) is 63.0 Å². The van der Waals surface area contributed by atoms with Crippen molar-refractivity contribution in [1.29, 1.82) is 0 Å². The van der Waals surface area contributed by atoms with Gasteiger partial charge in [0.05, 0.1) is 15.5 Å². The zero-order chi connectivity index (χ0) is 23.3. The zero-order valence-electron chi connectivity index (χ0n) is 18.0. The first-order valence-electron chi connectivity index (χ1n) is 10.5. The third-order valence-electron chi connectivity index (χ3n) is 5.44. The van der Waals surface area contributed by atoms with Gasteiger partial charge in [-0.15, -0.1) is 0 Å². The molecular formula is C22H27N3O6S. The number of nitro benzene ring substituents is 1. The van der Waals surface area contributed by atoms with E-state index in [4.69, 9.17) is 4.74 Å². The maximum absolute atomic E-state index is 12.7. The van der Waals surface area contributed by atoms with Crippen molar-refractivity contribution in [3.05, 3.63) is 58.1 Å². The van der Waals surface area contributed by atoms with Crippen molar-refractivity contribution < 1.29 is 22.9 Å². The summed E-state index contributed by atoms with van der Waals surface area (Å²) >= 11 is 0. The highest BCUT2D eigenvalue weighted by atomic mass is 32.2. The van der Waals surface area contributed by atoms with Gasteiger partial charge in [0.1, 0.15) is 5.75 Å². The Hall–Kier alpha value is -3.14. The molecular weight excluding hydrogens is 434 g/mol. The molecule has 3 rings (SSSR count). The summed E-state index contributed by atoms with van der Waals surface area (Å²) in [6.07, 6.45) is 4.65. The van der Waals surface area contributed by atoms with Crippen LogP contribution in [0.15, 0.2) is 47.4 Å². The van der Waals surface area contributed by atoms with Gasteiger partial charge in [0, 0.05) is 18.2 Å². The predicted molar refractivity (Wildman–Crippen MR) is 120 cm³/mol. The highest BCUT2D eigenvalue weighted by Gasteiger charge is 2.22. The molecule has 0 saturated heterocycles. The lowest BCUT2D eigenvalue weighted by Crippen LogP contribution is -2.43. The molecule has 10 heteroatoms. The van der Waals surface area contributed by atoms with Crippen LogP contribution in [0, 0.1) is 17.0 Å². The number of non-ortho nitro benzene ring substituents is 1. The summed E-state index contributed by atoms with van der Waals surface area (Å²) in [7, 11) is -3.97. The molecule has 0 aromatic heterocycles. The second-order valence-corrected chi connectivity index (χ2v) is 9.62. The molecule has 1 amide bonds. The third-order valence-corrected chi connectivity index (χ3v) is 6.83. The molecule has 2 N–H and O–H groups in total. The molecule has 9 nitrogen and oxygen atoms in total. The zero-order valence-corrected chi connectivity index (χ0v) is 18.9. The maximum atomic E-state index is 12.7. The Kier molecular flexibility index (Phi) is 7.34. The number of rotatable bonds is 8. The van der Waals surface area contributed by atoms with Gasteiger partial charge in [0.2, 0.25) is 0 Å². The van der Waals surface area contributed by atoms with Crippen LogP contribution in [0.3, 0.4) is 0 Å². The van der Waals surface area contributed by atoms with E-state index in [-0.39, 0.29) is 28.2 Å². The second kappa shape index (κ2) is 9.99. The van der Waals surface area contributed by atoms with Crippen LogP contribution in [-0.4, -0.2) is 31.4 Å². The van der Waals surface area contributed by atoms with Crippen molar-refractivity contribution in [2.24, 2.45) is 0 Å². The van der Waals surface area contributed by atoms with Crippen LogP contribution in [0.2, 0.25) is 0 Å². The number of nitrogens with zero attached hydrogens (tertiary/aromatic N) is 1. The summed E-state index contributed by atoms with van der Waals surface area (Å²) in [6, 6.07) is 9.80. The lowest BCUT2D eigenvalue weighted by atomic mass is 9.95. The Morgan fingerprint density at radius 3 is 2.41 bits per heavy atom. The summed E-state index contributed by atoms with van der Waals surface area (Å²) in [4.78, 5) is 22.7. The first kappa shape index (κ1) is 23.5. The number of anilines is 1. The molecule has 0 bridgehead atoms. The second-order valence-electron chi connectivity index (χ2n) is 7.94. The molecule has 0 spiro atoms. The minimum absolute atomic E-state index is 0.0323. The molecule has 1 saturated carbocycles. The van der Waals surface area contributed by atoms with Gasteiger partial charge in [-0.3, -0.25) is 19.6 Å². The Morgan fingerprint density at radius 1 is 1.12 bits per heavy atom. The number of ether oxygens (including phenoxy) is 1. The van der Waals surface area contributed by atoms with E-state index in [0.717, 1.165) is 25.7 Å². The number of nitro groups is 1. The van der Waals surface area contributed by atoms with Crippen molar-refractivity contribution in [3.63, 3.8) is 0 Å². The monoisotopic (exact) mass is 461 g/mol. The van der Waals surface area contributed by atoms with Crippen LogP contribution in [0.4, 0.5) is 11.4 Å². The van der Waals surface area contributed by atoms with Crippen molar-refractivity contribution >= 4 is 27.3 Å². The minimum atomic E-state index is -3.97. The molecule has 0 radical (unpaired) electrons. The largest absolute Gasteiger partial charge is 0.481 e. The normalized spacial score (nSPS) is 15.6. The number of nitrogens with one attached hydrogen (secondary N) is 2. The molecule has 0 heterocycles. The number of carbonyl (C=O) groups excluding carboxylic acids is 1. The fraction of sp³-hybridized carbons (Fsp3) is 0.409. The molecule has 1 aliphatic rings. The van der Waals surface area contributed by atoms with E-state index < -0.39 is 21.1 Å². The highest BCUT2D eigenvalue weighted by Crippen LogP contribution is 2.26. The van der Waals surface area contributed by atoms with Gasteiger partial charge >= 0.3 is 0 Å². The van der Waals surface area contributed by atoms with Gasteiger partial charge < -0.3 is 10.1 Å². The van der Waals surface area contributed by atoms with Gasteiger partial charge in [-0.1, -0.05) is 25.3 Å². The average Bonchev–Trinajstić information content (AvgIpc) is 2.76. The molecule has 2 aromatic rings. The van der Waals surface area contributed by atoms with Crippen LogP contribution in [-0.2, 0) is 14.8 Å². The third kappa shape index (κ3) is 5.97. The fourth-order valence-corrected chi connectivity index (χ4v) is 4.68. The van der Waals surface area contributed by atoms with E-state index in [9.17, 15) is 23.3 Å². The Labute approximate surface area is 187 Å². The molecule has 2 aromatic carbocycles. The summed E-state index contributed by atoms with van der Waals surface area (Å²) in [6.45, 7) is 3.30. The molecule has 0 unspecified atom stereocenters. The SMILES string of the molecule is Cc1ccc([N+](=O)[O-])cc1NS(=O)(=O)c1ccc(O[C@@H](C)C(=O)NC2CCCCC2)cc1. The lowest BCUT2D eigenvalue weighted by Gasteiger charge is -2.24. The van der Waals surface area contributed by atoms with E-state index in [1.807, 2.05) is 0 Å². The van der Waals surface area contributed by atoms with E-state index in [1.54, 1.807) is 13.8 Å². The van der Waals surface area contributed by atoms with Gasteiger partial charge in [-0.25, -0.2) is 8.42 Å². The summed E-state index contributed by atoms with van der Waals surface area (Å²) in [5.74, 6) is 0.165. The topological polar surface area (TPSA) is 128 Å². The van der Waals surface area contributed by atoms with Crippen molar-refractivity contribution in [3.8, 4) is 5.75 Å². The number of amides is 1. The molecule has 172 valence electrons. The van der Waals surface area contributed by atoms with E-state index in [2.05, 4.69) is 10.0 Å². The Bertz CT molecular complexity index is 1080. The lowest BCUT2D eigenvalue weighted by molar-refractivity contribution is -0.384. The van der Waals surface area contributed by atoms with E-state index in [0.29, 0.717) is 11.3 Å². The first-order chi connectivity index (χ1) is 15.2. The van der Waals surface area contributed by atoms with E-state index >= 15 is 0 Å². The Morgan fingerprint density at radius 2 is 1.78 bits per heavy atom. The van der Waals surface area contributed by atoms with Crippen LogP contribution in [0.1, 0.15) is 44.6 Å². The standard InChI is InChI=1S/C22H27N3O6S/c1-15-8-9-18(25(27)28)14-21(15)24-32(29,30)20-12-10-19(11-13-20)31-16(2)22(26)23-17-6-4-3-5-7-17/h8-14,16-17,24H,3-7H2,1-2H3,(H,23,26)/t16-/m0/s1. The van der Waals surface area contributed by atoms with Crippen LogP contribution in [0.5, 0.6) is 5.75 Å². The fourth-order valence-electron chi connectivity index (χ4n) is 3.56. The molecule has 32 heavy (non-hydrogen) atoms. The van der Waals surface area contributed by atoms with Gasteiger partial charge in [-0.2, -0.15) is 0 Å². The average molecular weight is 462 g/mol. The van der Waals surface area contributed by atoms with Gasteiger partial charge in [-0.05, 0) is 56.5 Å². The van der Waals surface area contributed by atoms with Gasteiger partial charge in [0.15, 0.2) is 6.10 Å². The number of hydrogen-bond donors (Lipinski definition) is 2. The smallest absolute Gasteiger partial charge is 0.271 e. The number of carbonyl (C=O) groups is 1. The van der Waals surface area contributed by atoms with Crippen molar-refractivity contribution in [1.82, 2.24) is 5.32 Å². The summed E-state index contributed by atoms with van der Waals surface area (Å²) < 4.78 is 33.5. The van der Waals surface area contributed by atoms with E-state index in [1.165, 1.54) is 48.9 Å². The van der Waals surface area contributed by atoms with Crippen molar-refractivity contribution in [2.75, 3.05) is 4.72 Å². The van der Waals surface area contributed by atoms with Gasteiger partial charge in [0.25, 0.3) is 21.6 Å². The quantitative estimate of drug-likeness (QED) is 0.453. The predicted octanol–water partition coefficient (Wildman–Crippen LogP) is 3.92. The first-order valence-corrected chi connectivity index (χ1v) is 12.0. The molecule has 0 aliphatic heterocycles. The number of benzene rings is 2. The highest BCUT2D eigenvalue weighted by molar-refractivity contribution is 7.92. The van der Waals surface area contributed by atoms with Crippen LogP contribution >= 0.6 is 0 Å².